The molecule has 0 saturated heterocycles. The number of aromatic nitrogens is 3. The minimum Gasteiger partial charge on any atom is -0.448 e. The molecule has 3 aromatic rings. The first-order valence-corrected chi connectivity index (χ1v) is 10.1. The van der Waals surface area contributed by atoms with Crippen LogP contribution in [0.1, 0.15) is 61.6 Å². The summed E-state index contributed by atoms with van der Waals surface area (Å²) in [5.74, 6) is 0.717. The summed E-state index contributed by atoms with van der Waals surface area (Å²) >= 11 is 0. The first kappa shape index (κ1) is 18.0. The van der Waals surface area contributed by atoms with Crippen molar-refractivity contribution >= 4 is 22.6 Å². The van der Waals surface area contributed by atoms with Gasteiger partial charge in [-0.3, -0.25) is 4.79 Å². The second-order valence-corrected chi connectivity index (χ2v) is 8.15. The van der Waals surface area contributed by atoms with E-state index in [4.69, 9.17) is 9.47 Å². The van der Waals surface area contributed by atoms with Crippen molar-refractivity contribution < 1.29 is 14.3 Å². The Labute approximate surface area is 169 Å². The smallest absolute Gasteiger partial charge is 0.257 e. The molecule has 1 fully saturated rings. The Morgan fingerprint density at radius 1 is 1.17 bits per heavy atom. The van der Waals surface area contributed by atoms with Gasteiger partial charge in [-0.2, -0.15) is 5.10 Å². The third kappa shape index (κ3) is 3.01. The number of benzene rings is 1. The molecule has 29 heavy (non-hydrogen) atoms. The third-order valence-corrected chi connectivity index (χ3v) is 5.65. The highest BCUT2D eigenvalue weighted by molar-refractivity contribution is 6.06. The number of aryl methyl sites for hydroxylation is 1. The van der Waals surface area contributed by atoms with Crippen molar-refractivity contribution in [3.63, 3.8) is 0 Å². The van der Waals surface area contributed by atoms with Crippen LogP contribution < -0.4 is 14.8 Å². The maximum atomic E-state index is 12.9. The van der Waals surface area contributed by atoms with E-state index in [1.54, 1.807) is 6.20 Å². The van der Waals surface area contributed by atoms with E-state index in [-0.39, 0.29) is 11.9 Å². The van der Waals surface area contributed by atoms with Gasteiger partial charge in [-0.05, 0) is 51.8 Å². The summed E-state index contributed by atoms with van der Waals surface area (Å²) in [6.07, 6.45) is 5.77. The van der Waals surface area contributed by atoms with Crippen molar-refractivity contribution in [1.82, 2.24) is 14.8 Å². The van der Waals surface area contributed by atoms with E-state index in [1.807, 2.05) is 35.9 Å². The molecule has 1 aromatic carbocycles. The zero-order valence-corrected chi connectivity index (χ0v) is 16.9. The molecule has 1 amide bonds. The molecule has 2 aromatic heterocycles. The Kier molecular flexibility index (Phi) is 4.01. The van der Waals surface area contributed by atoms with Crippen molar-refractivity contribution in [1.29, 1.82) is 0 Å². The fourth-order valence-corrected chi connectivity index (χ4v) is 4.16. The van der Waals surface area contributed by atoms with Gasteiger partial charge in [-0.1, -0.05) is 0 Å². The Hall–Kier alpha value is -3.09. The van der Waals surface area contributed by atoms with Gasteiger partial charge in [0.15, 0.2) is 17.1 Å². The van der Waals surface area contributed by atoms with E-state index in [9.17, 15) is 4.79 Å². The van der Waals surface area contributed by atoms with Crippen molar-refractivity contribution in [2.45, 2.75) is 58.3 Å². The summed E-state index contributed by atoms with van der Waals surface area (Å²) in [5, 5.41) is 8.20. The molecule has 1 spiro atoms. The van der Waals surface area contributed by atoms with Gasteiger partial charge in [-0.25, -0.2) is 9.67 Å². The van der Waals surface area contributed by atoms with Crippen LogP contribution in [0.15, 0.2) is 30.5 Å². The van der Waals surface area contributed by atoms with E-state index in [0.717, 1.165) is 42.5 Å². The highest BCUT2D eigenvalue weighted by Gasteiger charge is 2.44. The van der Waals surface area contributed by atoms with Crippen LogP contribution in [0.25, 0.3) is 11.0 Å². The number of nitrogens with zero attached hydrogens (tertiary/aromatic N) is 3. The molecular formula is C22H24N4O3. The Balaban J connectivity index is 1.39. The van der Waals surface area contributed by atoms with Crippen LogP contribution in [0.2, 0.25) is 0 Å². The Bertz CT molecular complexity index is 1110. The lowest BCUT2D eigenvalue weighted by atomic mass is 10.1. The van der Waals surface area contributed by atoms with Crippen LogP contribution in [0.4, 0.5) is 5.69 Å². The summed E-state index contributed by atoms with van der Waals surface area (Å²) in [6, 6.07) is 7.58. The topological polar surface area (TPSA) is 78.3 Å². The van der Waals surface area contributed by atoms with Gasteiger partial charge >= 0.3 is 0 Å². The molecule has 1 saturated carbocycles. The maximum absolute atomic E-state index is 12.9. The summed E-state index contributed by atoms with van der Waals surface area (Å²) in [6.45, 7) is 5.95. The molecule has 1 N–H and O–H groups in total. The molecule has 7 nitrogen and oxygen atoms in total. The summed E-state index contributed by atoms with van der Waals surface area (Å²) in [4.78, 5) is 17.5. The van der Waals surface area contributed by atoms with Crippen LogP contribution in [-0.2, 0) is 0 Å². The van der Waals surface area contributed by atoms with E-state index >= 15 is 0 Å². The average Bonchev–Trinajstić information content (AvgIpc) is 3.38. The minimum atomic E-state index is -0.507. The molecule has 1 aliphatic heterocycles. The number of carbonyl (C=O) groups excluding carboxylic acids is 1. The number of ether oxygens (including phenoxy) is 2. The van der Waals surface area contributed by atoms with Crippen LogP contribution in [0, 0.1) is 6.92 Å². The van der Waals surface area contributed by atoms with Crippen molar-refractivity contribution in [3.8, 4) is 11.5 Å². The lowest BCUT2D eigenvalue weighted by Gasteiger charge is -2.21. The summed E-state index contributed by atoms with van der Waals surface area (Å²) in [7, 11) is 0. The second-order valence-electron chi connectivity index (χ2n) is 8.15. The Morgan fingerprint density at radius 3 is 2.69 bits per heavy atom. The molecule has 0 bridgehead atoms. The number of pyridine rings is 1. The third-order valence-electron chi connectivity index (χ3n) is 5.65. The fourth-order valence-electron chi connectivity index (χ4n) is 4.16. The summed E-state index contributed by atoms with van der Waals surface area (Å²) < 4.78 is 14.0. The molecule has 1 aliphatic carbocycles. The SMILES string of the molecule is Cc1nc2c(cnn2C(C)C)cc1C(=O)Nc1ccc2c(c1)OC1(CCCC1)O2. The lowest BCUT2D eigenvalue weighted by Crippen LogP contribution is -2.34. The van der Waals surface area contributed by atoms with Crippen molar-refractivity contribution in [2.75, 3.05) is 5.32 Å². The summed E-state index contributed by atoms with van der Waals surface area (Å²) in [5.41, 5.74) is 2.66. The van der Waals surface area contributed by atoms with Crippen LogP contribution in [0.3, 0.4) is 0 Å². The largest absolute Gasteiger partial charge is 0.448 e. The van der Waals surface area contributed by atoms with Crippen LogP contribution >= 0.6 is 0 Å². The fraction of sp³-hybridized carbons (Fsp3) is 0.409. The second kappa shape index (κ2) is 6.47. The van der Waals surface area contributed by atoms with Gasteiger partial charge in [-0.15, -0.1) is 0 Å². The average molecular weight is 392 g/mol. The predicted octanol–water partition coefficient (Wildman–Crippen LogP) is 4.61. The molecule has 0 unspecified atom stereocenters. The van der Waals surface area contributed by atoms with Gasteiger partial charge in [0, 0.05) is 36.0 Å². The number of nitrogens with one attached hydrogen (secondary N) is 1. The van der Waals surface area contributed by atoms with Gasteiger partial charge in [0.25, 0.3) is 11.7 Å². The van der Waals surface area contributed by atoms with Gasteiger partial charge in [0.05, 0.1) is 17.5 Å². The molecule has 0 radical (unpaired) electrons. The molecule has 0 atom stereocenters. The highest BCUT2D eigenvalue weighted by Crippen LogP contribution is 2.47. The number of carbonyl (C=O) groups is 1. The van der Waals surface area contributed by atoms with Gasteiger partial charge in [0.1, 0.15) is 0 Å². The van der Waals surface area contributed by atoms with E-state index in [2.05, 4.69) is 29.2 Å². The Morgan fingerprint density at radius 2 is 1.93 bits per heavy atom. The number of hydrogen-bond acceptors (Lipinski definition) is 5. The molecule has 5 rings (SSSR count). The van der Waals surface area contributed by atoms with Crippen LogP contribution in [0.5, 0.6) is 11.5 Å². The zero-order valence-electron chi connectivity index (χ0n) is 16.9. The normalized spacial score (nSPS) is 16.8. The van der Waals surface area contributed by atoms with E-state index in [1.165, 1.54) is 0 Å². The monoisotopic (exact) mass is 392 g/mol. The first-order valence-electron chi connectivity index (χ1n) is 10.1. The molecule has 2 aliphatic rings. The quantitative estimate of drug-likeness (QED) is 0.704. The molecule has 3 heterocycles. The highest BCUT2D eigenvalue weighted by atomic mass is 16.7. The van der Waals surface area contributed by atoms with Crippen molar-refractivity contribution in [3.05, 3.63) is 41.7 Å². The number of amides is 1. The molecule has 7 heteroatoms. The standard InChI is InChI=1S/C22H24N4O3/c1-13(2)26-20-15(12-23-26)10-17(14(3)24-20)21(27)25-16-6-7-18-19(11-16)29-22(28-18)8-4-5-9-22/h6-7,10-13H,4-5,8-9H2,1-3H3,(H,25,27). The maximum Gasteiger partial charge on any atom is 0.257 e. The predicted molar refractivity (Wildman–Crippen MR) is 110 cm³/mol. The number of fused-ring (bicyclic) bond motifs is 2. The lowest BCUT2D eigenvalue weighted by molar-refractivity contribution is -0.0716. The number of rotatable bonds is 3. The molecule has 150 valence electrons. The zero-order chi connectivity index (χ0) is 20.2. The minimum absolute atomic E-state index is 0.205. The van der Waals surface area contributed by atoms with E-state index < -0.39 is 5.79 Å². The van der Waals surface area contributed by atoms with Gasteiger partial charge < -0.3 is 14.8 Å². The van der Waals surface area contributed by atoms with Gasteiger partial charge in [0.2, 0.25) is 0 Å². The molecular weight excluding hydrogens is 368 g/mol. The number of hydrogen-bond donors (Lipinski definition) is 1. The van der Waals surface area contributed by atoms with Crippen LogP contribution in [-0.4, -0.2) is 26.5 Å². The van der Waals surface area contributed by atoms with Crippen molar-refractivity contribution in [2.24, 2.45) is 0 Å². The van der Waals surface area contributed by atoms with E-state index in [0.29, 0.717) is 22.7 Å². The number of anilines is 1. The first-order chi connectivity index (χ1) is 13.9.